The van der Waals surface area contributed by atoms with Gasteiger partial charge in [0.1, 0.15) is 17.2 Å². The second kappa shape index (κ2) is 5.73. The highest BCUT2D eigenvalue weighted by Gasteiger charge is 2.32. The minimum absolute atomic E-state index is 0.0186. The van der Waals surface area contributed by atoms with Crippen LogP contribution in [0.3, 0.4) is 0 Å². The predicted molar refractivity (Wildman–Crippen MR) is 84.8 cm³/mol. The van der Waals surface area contributed by atoms with Crippen LogP contribution in [0.1, 0.15) is 35.4 Å². The molecule has 0 bridgehead atoms. The van der Waals surface area contributed by atoms with Crippen molar-refractivity contribution in [3.8, 4) is 17.2 Å². The summed E-state index contributed by atoms with van der Waals surface area (Å²) >= 11 is 0. The molecular formula is C18H18O4. The zero-order valence-electron chi connectivity index (χ0n) is 12.0. The van der Waals surface area contributed by atoms with Crippen molar-refractivity contribution >= 4 is 12.2 Å². The third kappa shape index (κ3) is 2.92. The number of hydrogen-bond donors (Lipinski definition) is 4. The first-order chi connectivity index (χ1) is 10.5. The lowest BCUT2D eigenvalue weighted by atomic mass is 9.76. The summed E-state index contributed by atoms with van der Waals surface area (Å²) < 4.78 is 0. The number of rotatable bonds is 3. The van der Waals surface area contributed by atoms with Gasteiger partial charge in [-0.25, -0.2) is 0 Å². The van der Waals surface area contributed by atoms with Crippen molar-refractivity contribution in [3.63, 3.8) is 0 Å². The van der Waals surface area contributed by atoms with E-state index in [1.807, 2.05) is 6.08 Å². The average Bonchev–Trinajstić information content (AvgIpc) is 2.44. The van der Waals surface area contributed by atoms with Crippen LogP contribution >= 0.6 is 0 Å². The maximum absolute atomic E-state index is 10.1. The van der Waals surface area contributed by atoms with Crippen molar-refractivity contribution < 1.29 is 20.4 Å². The Labute approximate surface area is 128 Å². The van der Waals surface area contributed by atoms with Gasteiger partial charge in [0.25, 0.3) is 0 Å². The van der Waals surface area contributed by atoms with Gasteiger partial charge in [-0.1, -0.05) is 24.3 Å². The van der Waals surface area contributed by atoms with E-state index < -0.39 is 0 Å². The molecule has 4 nitrogen and oxygen atoms in total. The molecule has 0 saturated heterocycles. The molecule has 0 radical (unpaired) electrons. The van der Waals surface area contributed by atoms with Gasteiger partial charge in [-0.15, -0.1) is 0 Å². The Hall–Kier alpha value is -2.46. The third-order valence-corrected chi connectivity index (χ3v) is 4.04. The van der Waals surface area contributed by atoms with Gasteiger partial charge in [-0.3, -0.25) is 0 Å². The number of phenols is 3. The molecule has 22 heavy (non-hydrogen) atoms. The minimum Gasteiger partial charge on any atom is -0.508 e. The maximum Gasteiger partial charge on any atom is 0.123 e. The predicted octanol–water partition coefficient (Wildman–Crippen LogP) is 3.21. The fraction of sp³-hybridized carbons (Fsp3) is 0.222. The monoisotopic (exact) mass is 298 g/mol. The Balaban J connectivity index is 1.82. The van der Waals surface area contributed by atoms with Gasteiger partial charge >= 0.3 is 0 Å². The largest absolute Gasteiger partial charge is 0.508 e. The molecule has 4 N–H and O–H groups in total. The summed E-state index contributed by atoms with van der Waals surface area (Å²) in [4.78, 5) is 0. The molecule has 2 aromatic rings. The third-order valence-electron chi connectivity index (χ3n) is 4.04. The van der Waals surface area contributed by atoms with Crippen LogP contribution in [0.15, 0.2) is 36.4 Å². The highest BCUT2D eigenvalue weighted by molar-refractivity contribution is 5.72. The van der Waals surface area contributed by atoms with E-state index >= 15 is 0 Å². The van der Waals surface area contributed by atoms with E-state index in [0.717, 1.165) is 5.56 Å². The van der Waals surface area contributed by atoms with Crippen molar-refractivity contribution in [2.75, 3.05) is 0 Å². The molecule has 1 fully saturated rings. The first-order valence-corrected chi connectivity index (χ1v) is 7.24. The first-order valence-electron chi connectivity index (χ1n) is 7.24. The smallest absolute Gasteiger partial charge is 0.123 e. The normalized spacial score (nSPS) is 21.0. The number of benzene rings is 2. The van der Waals surface area contributed by atoms with Crippen LogP contribution in [0.2, 0.25) is 0 Å². The van der Waals surface area contributed by atoms with E-state index in [1.165, 1.54) is 0 Å². The molecule has 114 valence electrons. The zero-order valence-corrected chi connectivity index (χ0v) is 12.0. The van der Waals surface area contributed by atoms with E-state index in [1.54, 1.807) is 42.5 Å². The summed E-state index contributed by atoms with van der Waals surface area (Å²) in [6.45, 7) is 0. The van der Waals surface area contributed by atoms with Crippen LogP contribution < -0.4 is 0 Å². The number of hydrogen-bond acceptors (Lipinski definition) is 4. The summed E-state index contributed by atoms with van der Waals surface area (Å²) in [7, 11) is 0. The van der Waals surface area contributed by atoms with Crippen LogP contribution in [0.25, 0.3) is 12.2 Å². The van der Waals surface area contributed by atoms with Crippen molar-refractivity contribution in [3.05, 3.63) is 53.1 Å². The summed E-state index contributed by atoms with van der Waals surface area (Å²) in [5.41, 5.74) is 2.11. The Bertz CT molecular complexity index is 675. The van der Waals surface area contributed by atoms with E-state index in [2.05, 4.69) is 0 Å². The molecule has 0 amide bonds. The zero-order chi connectivity index (χ0) is 15.7. The van der Waals surface area contributed by atoms with E-state index in [0.29, 0.717) is 24.0 Å². The summed E-state index contributed by atoms with van der Waals surface area (Å²) in [6.07, 6.45) is 4.43. The Kier molecular flexibility index (Phi) is 3.77. The molecular weight excluding hydrogens is 280 g/mol. The summed E-state index contributed by atoms with van der Waals surface area (Å²) in [6, 6.07) is 9.96. The van der Waals surface area contributed by atoms with Crippen LogP contribution in [0, 0.1) is 0 Å². The highest BCUT2D eigenvalue weighted by Crippen LogP contribution is 2.45. The number of aliphatic hydroxyl groups excluding tert-OH is 1. The topological polar surface area (TPSA) is 80.9 Å². The van der Waals surface area contributed by atoms with Gasteiger partial charge < -0.3 is 20.4 Å². The van der Waals surface area contributed by atoms with Crippen molar-refractivity contribution in [2.24, 2.45) is 0 Å². The van der Waals surface area contributed by atoms with Crippen molar-refractivity contribution in [2.45, 2.75) is 24.9 Å². The van der Waals surface area contributed by atoms with Gasteiger partial charge in [0.2, 0.25) is 0 Å². The van der Waals surface area contributed by atoms with Gasteiger partial charge in [-0.2, -0.15) is 0 Å². The molecule has 0 atom stereocenters. The fourth-order valence-corrected chi connectivity index (χ4v) is 2.76. The highest BCUT2D eigenvalue weighted by atomic mass is 16.3. The lowest BCUT2D eigenvalue weighted by molar-refractivity contribution is 0.0730. The Morgan fingerprint density at radius 1 is 0.818 bits per heavy atom. The average molecular weight is 298 g/mol. The molecule has 1 aliphatic rings. The minimum atomic E-state index is -0.335. The second-order valence-corrected chi connectivity index (χ2v) is 5.72. The molecule has 4 heteroatoms. The second-order valence-electron chi connectivity index (χ2n) is 5.72. The summed E-state index contributed by atoms with van der Waals surface area (Å²) in [5.74, 6) is 0.342. The van der Waals surface area contributed by atoms with Gasteiger partial charge in [0.15, 0.2) is 0 Å². The fourth-order valence-electron chi connectivity index (χ4n) is 2.76. The van der Waals surface area contributed by atoms with Crippen LogP contribution in [0.5, 0.6) is 17.2 Å². The number of phenolic OH excluding ortho intramolecular Hbond substituents is 3. The van der Waals surface area contributed by atoms with Gasteiger partial charge in [0.05, 0.1) is 6.10 Å². The molecule has 2 aromatic carbocycles. The number of aromatic hydroxyl groups is 3. The maximum atomic E-state index is 10.1. The van der Waals surface area contributed by atoms with Gasteiger partial charge in [0, 0.05) is 5.56 Å². The van der Waals surface area contributed by atoms with Crippen LogP contribution in [-0.2, 0) is 0 Å². The van der Waals surface area contributed by atoms with E-state index in [9.17, 15) is 20.4 Å². The van der Waals surface area contributed by atoms with Gasteiger partial charge in [-0.05, 0) is 54.2 Å². The molecule has 0 spiro atoms. The molecule has 0 heterocycles. The summed E-state index contributed by atoms with van der Waals surface area (Å²) in [5, 5.41) is 38.8. The van der Waals surface area contributed by atoms with E-state index in [4.69, 9.17) is 0 Å². The standard InChI is InChI=1S/C18H18O4/c19-14-5-3-11(4-6-14)1-2-12-7-16(21)18(17(22)8-12)13-9-15(20)10-13/h1-8,13,15,19-22H,9-10H2/b2-1+. The van der Waals surface area contributed by atoms with Crippen LogP contribution in [-0.4, -0.2) is 26.5 Å². The molecule has 1 aliphatic carbocycles. The molecule has 3 rings (SSSR count). The Morgan fingerprint density at radius 3 is 1.91 bits per heavy atom. The van der Waals surface area contributed by atoms with E-state index in [-0.39, 0.29) is 29.3 Å². The van der Waals surface area contributed by atoms with Crippen molar-refractivity contribution in [1.82, 2.24) is 0 Å². The molecule has 0 aromatic heterocycles. The van der Waals surface area contributed by atoms with Crippen molar-refractivity contribution in [1.29, 1.82) is 0 Å². The first kappa shape index (κ1) is 14.5. The quantitative estimate of drug-likeness (QED) is 0.656. The van der Waals surface area contributed by atoms with Crippen LogP contribution in [0.4, 0.5) is 0 Å². The lowest BCUT2D eigenvalue weighted by Gasteiger charge is -2.32. The Morgan fingerprint density at radius 2 is 1.36 bits per heavy atom. The lowest BCUT2D eigenvalue weighted by Crippen LogP contribution is -2.26. The molecule has 1 saturated carbocycles. The number of aliphatic hydroxyl groups is 1. The SMILES string of the molecule is Oc1ccc(/C=C/c2cc(O)c(C3CC(O)C3)c(O)c2)cc1. The molecule has 0 unspecified atom stereocenters. The molecule has 0 aliphatic heterocycles.